The second kappa shape index (κ2) is 5.44. The third-order valence-electron chi connectivity index (χ3n) is 5.64. The lowest BCUT2D eigenvalue weighted by Crippen LogP contribution is -2.46. The summed E-state index contributed by atoms with van der Waals surface area (Å²) in [5.41, 5.74) is 2.04. The minimum Gasteiger partial charge on any atom is -0.389 e. The first kappa shape index (κ1) is 16.4. The lowest BCUT2D eigenvalue weighted by molar-refractivity contribution is -0.0505. The zero-order valence-corrected chi connectivity index (χ0v) is 15.2. The van der Waals surface area contributed by atoms with Crippen LogP contribution in [-0.4, -0.2) is 43.4 Å². The van der Waals surface area contributed by atoms with Gasteiger partial charge in [0.2, 0.25) is 10.0 Å². The molecular formula is C17H21ClN2O3S. The van der Waals surface area contributed by atoms with Gasteiger partial charge < -0.3 is 4.84 Å². The summed E-state index contributed by atoms with van der Waals surface area (Å²) >= 11 is 6.00. The predicted molar refractivity (Wildman–Crippen MR) is 93.9 cm³/mol. The summed E-state index contributed by atoms with van der Waals surface area (Å²) < 4.78 is 24.9. The normalized spacial score (nSPS) is 25.3. The lowest BCUT2D eigenvalue weighted by Gasteiger charge is -2.36. The minimum absolute atomic E-state index is 0.00204. The molecule has 3 aliphatic rings. The van der Waals surface area contributed by atoms with Crippen LogP contribution in [0.25, 0.3) is 0 Å². The lowest BCUT2D eigenvalue weighted by atomic mass is 9.81. The summed E-state index contributed by atoms with van der Waals surface area (Å²) in [6, 6.07) is 8.01. The monoisotopic (exact) mass is 368 g/mol. The predicted octanol–water partition coefficient (Wildman–Crippen LogP) is 2.94. The van der Waals surface area contributed by atoms with Crippen LogP contribution in [0.1, 0.15) is 37.7 Å². The number of rotatable bonds is 3. The van der Waals surface area contributed by atoms with Gasteiger partial charge in [-0.3, -0.25) is 0 Å². The largest absolute Gasteiger partial charge is 0.389 e. The van der Waals surface area contributed by atoms with Crippen molar-refractivity contribution in [1.82, 2.24) is 4.31 Å². The molecule has 1 saturated heterocycles. The molecule has 4 rings (SSSR count). The standard InChI is InChI=1S/C17H21ClN2O3S/c1-24(21,22)20-10-8-16(9-11-20)12-15(19-23-16)17(6-7-17)13-2-4-14(18)5-3-13/h2-5H,6-12H2,1H3. The fraction of sp³-hybridized carbons (Fsp3) is 0.588. The molecule has 0 bridgehead atoms. The Kier molecular flexibility index (Phi) is 3.71. The third kappa shape index (κ3) is 2.74. The minimum atomic E-state index is -3.12. The fourth-order valence-corrected chi connectivity index (χ4v) is 4.88. The smallest absolute Gasteiger partial charge is 0.211 e. The van der Waals surface area contributed by atoms with E-state index in [1.165, 1.54) is 16.1 Å². The van der Waals surface area contributed by atoms with Crippen molar-refractivity contribution in [2.75, 3.05) is 19.3 Å². The highest BCUT2D eigenvalue weighted by atomic mass is 35.5. The SMILES string of the molecule is CS(=O)(=O)N1CCC2(CC1)CC(C1(c3ccc(Cl)cc3)CC1)=NO2. The summed E-state index contributed by atoms with van der Waals surface area (Å²) in [4.78, 5) is 5.87. The van der Waals surface area contributed by atoms with Crippen molar-refractivity contribution >= 4 is 27.3 Å². The van der Waals surface area contributed by atoms with Crippen LogP contribution in [0.5, 0.6) is 0 Å². The maximum Gasteiger partial charge on any atom is 0.211 e. The van der Waals surface area contributed by atoms with Gasteiger partial charge in [0.05, 0.1) is 12.0 Å². The fourth-order valence-electron chi connectivity index (χ4n) is 3.91. The molecule has 1 spiro atoms. The van der Waals surface area contributed by atoms with Crippen LogP contribution >= 0.6 is 11.6 Å². The molecule has 2 aliphatic heterocycles. The van der Waals surface area contributed by atoms with Gasteiger partial charge in [0.25, 0.3) is 0 Å². The van der Waals surface area contributed by atoms with Gasteiger partial charge in [0, 0.05) is 42.8 Å². The molecule has 7 heteroatoms. The van der Waals surface area contributed by atoms with Crippen LogP contribution in [0.2, 0.25) is 5.02 Å². The third-order valence-corrected chi connectivity index (χ3v) is 7.20. The van der Waals surface area contributed by atoms with Gasteiger partial charge in [0.1, 0.15) is 5.60 Å². The highest BCUT2D eigenvalue weighted by molar-refractivity contribution is 7.88. The van der Waals surface area contributed by atoms with E-state index in [2.05, 4.69) is 17.3 Å². The molecule has 24 heavy (non-hydrogen) atoms. The van der Waals surface area contributed by atoms with Crippen molar-refractivity contribution in [2.45, 2.75) is 43.1 Å². The molecule has 0 N–H and O–H groups in total. The molecule has 5 nitrogen and oxygen atoms in total. The topological polar surface area (TPSA) is 59.0 Å². The van der Waals surface area contributed by atoms with E-state index in [0.29, 0.717) is 25.9 Å². The first-order valence-electron chi connectivity index (χ1n) is 8.30. The number of halogens is 1. The van der Waals surface area contributed by atoms with Crippen molar-refractivity contribution < 1.29 is 13.3 Å². The first-order chi connectivity index (χ1) is 11.3. The Morgan fingerprint density at radius 2 is 1.75 bits per heavy atom. The average Bonchev–Trinajstić information content (AvgIpc) is 3.25. The Bertz CT molecular complexity index is 777. The number of sulfonamides is 1. The van der Waals surface area contributed by atoms with Gasteiger partial charge in [-0.05, 0) is 30.5 Å². The Hall–Kier alpha value is -1.11. The molecular weight excluding hydrogens is 348 g/mol. The van der Waals surface area contributed by atoms with Gasteiger partial charge in [-0.2, -0.15) is 0 Å². The van der Waals surface area contributed by atoms with E-state index in [1.807, 2.05) is 12.1 Å². The zero-order valence-electron chi connectivity index (χ0n) is 13.7. The van der Waals surface area contributed by atoms with Crippen molar-refractivity contribution in [3.8, 4) is 0 Å². The van der Waals surface area contributed by atoms with Gasteiger partial charge in [-0.1, -0.05) is 28.9 Å². The van der Waals surface area contributed by atoms with Crippen LogP contribution in [0.4, 0.5) is 0 Å². The van der Waals surface area contributed by atoms with Crippen LogP contribution < -0.4 is 0 Å². The molecule has 0 radical (unpaired) electrons. The number of piperidine rings is 1. The Labute approximate surface area is 147 Å². The molecule has 1 aromatic rings. The summed E-state index contributed by atoms with van der Waals surface area (Å²) in [7, 11) is -3.12. The van der Waals surface area contributed by atoms with Crippen LogP contribution in [-0.2, 0) is 20.3 Å². The van der Waals surface area contributed by atoms with E-state index in [0.717, 1.165) is 30.0 Å². The van der Waals surface area contributed by atoms with Gasteiger partial charge >= 0.3 is 0 Å². The zero-order chi connectivity index (χ0) is 17.0. The molecule has 0 atom stereocenters. The number of nitrogens with zero attached hydrogens (tertiary/aromatic N) is 2. The summed E-state index contributed by atoms with van der Waals surface area (Å²) in [5, 5.41) is 5.19. The molecule has 1 saturated carbocycles. The molecule has 2 heterocycles. The van der Waals surface area contributed by atoms with Crippen LogP contribution in [0.15, 0.2) is 29.4 Å². The molecule has 2 fully saturated rings. The van der Waals surface area contributed by atoms with E-state index in [9.17, 15) is 8.42 Å². The van der Waals surface area contributed by atoms with Gasteiger partial charge in [-0.15, -0.1) is 0 Å². The van der Waals surface area contributed by atoms with Crippen molar-refractivity contribution in [3.63, 3.8) is 0 Å². The molecule has 1 aromatic carbocycles. The highest BCUT2D eigenvalue weighted by Crippen LogP contribution is 2.53. The maximum absolute atomic E-state index is 11.7. The number of benzene rings is 1. The number of hydrogen-bond acceptors (Lipinski definition) is 4. The van der Waals surface area contributed by atoms with E-state index in [1.54, 1.807) is 0 Å². The van der Waals surface area contributed by atoms with Crippen LogP contribution in [0.3, 0.4) is 0 Å². The Morgan fingerprint density at radius 3 is 2.29 bits per heavy atom. The van der Waals surface area contributed by atoms with E-state index in [-0.39, 0.29) is 11.0 Å². The average molecular weight is 369 g/mol. The van der Waals surface area contributed by atoms with Crippen molar-refractivity contribution in [3.05, 3.63) is 34.9 Å². The maximum atomic E-state index is 11.7. The van der Waals surface area contributed by atoms with Crippen LogP contribution in [0, 0.1) is 0 Å². The summed E-state index contributed by atoms with van der Waals surface area (Å²) in [5.74, 6) is 0. The number of hydrogen-bond donors (Lipinski definition) is 0. The summed E-state index contributed by atoms with van der Waals surface area (Å²) in [6.45, 7) is 1.02. The van der Waals surface area contributed by atoms with Crippen molar-refractivity contribution in [2.24, 2.45) is 5.16 Å². The second-order valence-electron chi connectivity index (χ2n) is 7.24. The molecule has 0 unspecified atom stereocenters. The first-order valence-corrected chi connectivity index (χ1v) is 10.5. The number of oxime groups is 1. The van der Waals surface area contributed by atoms with Crippen molar-refractivity contribution in [1.29, 1.82) is 0 Å². The van der Waals surface area contributed by atoms with E-state index >= 15 is 0 Å². The second-order valence-corrected chi connectivity index (χ2v) is 9.66. The summed E-state index contributed by atoms with van der Waals surface area (Å²) in [6.07, 6.45) is 5.63. The Balaban J connectivity index is 1.48. The molecule has 1 aliphatic carbocycles. The Morgan fingerprint density at radius 1 is 1.12 bits per heavy atom. The van der Waals surface area contributed by atoms with Gasteiger partial charge in [0.15, 0.2) is 0 Å². The highest BCUT2D eigenvalue weighted by Gasteiger charge is 2.55. The van der Waals surface area contributed by atoms with E-state index < -0.39 is 10.0 Å². The molecule has 0 aromatic heterocycles. The molecule has 130 valence electrons. The van der Waals surface area contributed by atoms with Gasteiger partial charge in [-0.25, -0.2) is 12.7 Å². The molecule has 0 amide bonds. The quantitative estimate of drug-likeness (QED) is 0.824. The van der Waals surface area contributed by atoms with E-state index in [4.69, 9.17) is 16.4 Å².